The third-order valence-electron chi connectivity index (χ3n) is 5.97. The summed E-state index contributed by atoms with van der Waals surface area (Å²) in [6, 6.07) is 25.0. The van der Waals surface area contributed by atoms with Gasteiger partial charge in [0.2, 0.25) is 5.91 Å². The van der Waals surface area contributed by atoms with Gasteiger partial charge in [0.1, 0.15) is 0 Å². The number of carbonyl (C=O) groups is 1. The van der Waals surface area contributed by atoms with Crippen molar-refractivity contribution in [2.24, 2.45) is 0 Å². The minimum Gasteiger partial charge on any atom is -0.348 e. The molecule has 1 aliphatic heterocycles. The lowest BCUT2D eigenvalue weighted by atomic mass is 10.00. The van der Waals surface area contributed by atoms with Crippen molar-refractivity contribution in [2.75, 3.05) is 39.3 Å². The van der Waals surface area contributed by atoms with Crippen molar-refractivity contribution in [3.05, 3.63) is 90.0 Å². The predicted molar refractivity (Wildman–Crippen MR) is 129 cm³/mol. The van der Waals surface area contributed by atoms with Crippen molar-refractivity contribution >= 4 is 22.8 Å². The van der Waals surface area contributed by atoms with E-state index in [4.69, 9.17) is 0 Å². The predicted octanol–water partition coefficient (Wildman–Crippen LogP) is 4.35. The molecule has 31 heavy (non-hydrogen) atoms. The SMILES string of the molecule is CC(NC(=O)CN1CCN(CC=Cc2ccccc2)CC1)c1cccc2ccccc12. The lowest BCUT2D eigenvalue weighted by Gasteiger charge is -2.33. The number of nitrogens with one attached hydrogen (secondary N) is 1. The van der Waals surface area contributed by atoms with Crippen molar-refractivity contribution in [1.29, 1.82) is 0 Å². The number of benzene rings is 3. The Bertz CT molecular complexity index is 1020. The van der Waals surface area contributed by atoms with Crippen molar-refractivity contribution in [3.8, 4) is 0 Å². The second kappa shape index (κ2) is 10.4. The summed E-state index contributed by atoms with van der Waals surface area (Å²) < 4.78 is 0. The molecule has 4 heteroatoms. The average molecular weight is 414 g/mol. The van der Waals surface area contributed by atoms with Crippen LogP contribution in [-0.2, 0) is 4.79 Å². The number of carbonyl (C=O) groups excluding carboxylic acids is 1. The molecule has 1 N–H and O–H groups in total. The van der Waals surface area contributed by atoms with Crippen LogP contribution in [0.3, 0.4) is 0 Å². The van der Waals surface area contributed by atoms with Gasteiger partial charge in [0.25, 0.3) is 0 Å². The summed E-state index contributed by atoms with van der Waals surface area (Å²) in [6.45, 7) is 7.31. The van der Waals surface area contributed by atoms with E-state index in [2.05, 4.69) is 94.9 Å². The number of amides is 1. The summed E-state index contributed by atoms with van der Waals surface area (Å²) in [4.78, 5) is 17.4. The lowest BCUT2D eigenvalue weighted by Crippen LogP contribution is -2.49. The molecule has 0 bridgehead atoms. The Kier molecular flexibility index (Phi) is 7.13. The summed E-state index contributed by atoms with van der Waals surface area (Å²) in [5.41, 5.74) is 2.40. The normalized spacial score (nSPS) is 16.5. The monoisotopic (exact) mass is 413 g/mol. The molecule has 0 aliphatic carbocycles. The Morgan fingerprint density at radius 3 is 2.39 bits per heavy atom. The van der Waals surface area contributed by atoms with Crippen LogP contribution in [0.5, 0.6) is 0 Å². The highest BCUT2D eigenvalue weighted by Crippen LogP contribution is 2.24. The quantitative estimate of drug-likeness (QED) is 0.626. The zero-order chi connectivity index (χ0) is 21.5. The molecule has 3 aromatic rings. The molecule has 0 saturated carbocycles. The first kappa shape index (κ1) is 21.3. The maximum Gasteiger partial charge on any atom is 0.234 e. The second-order valence-corrected chi connectivity index (χ2v) is 8.25. The van der Waals surface area contributed by atoms with Crippen LogP contribution in [0.15, 0.2) is 78.9 Å². The molecule has 4 nitrogen and oxygen atoms in total. The summed E-state index contributed by atoms with van der Waals surface area (Å²) >= 11 is 0. The minimum atomic E-state index is -0.0111. The molecule has 0 radical (unpaired) electrons. The van der Waals surface area contributed by atoms with Crippen molar-refractivity contribution in [1.82, 2.24) is 15.1 Å². The van der Waals surface area contributed by atoms with E-state index in [9.17, 15) is 4.79 Å². The molecule has 1 unspecified atom stereocenters. The number of rotatable bonds is 7. The van der Waals surface area contributed by atoms with Crippen LogP contribution in [0.1, 0.15) is 24.1 Å². The summed E-state index contributed by atoms with van der Waals surface area (Å²) in [5, 5.41) is 5.60. The van der Waals surface area contributed by atoms with Gasteiger partial charge in [-0.3, -0.25) is 14.6 Å². The largest absolute Gasteiger partial charge is 0.348 e. The Hall–Kier alpha value is -2.95. The van der Waals surface area contributed by atoms with Crippen LogP contribution in [0.4, 0.5) is 0 Å². The van der Waals surface area contributed by atoms with Gasteiger partial charge in [-0.2, -0.15) is 0 Å². The number of nitrogens with zero attached hydrogens (tertiary/aromatic N) is 2. The van der Waals surface area contributed by atoms with Crippen molar-refractivity contribution in [2.45, 2.75) is 13.0 Å². The zero-order valence-corrected chi connectivity index (χ0v) is 18.2. The van der Waals surface area contributed by atoms with Crippen LogP contribution in [0.25, 0.3) is 16.8 Å². The van der Waals surface area contributed by atoms with Crippen molar-refractivity contribution in [3.63, 3.8) is 0 Å². The van der Waals surface area contributed by atoms with E-state index in [0.717, 1.165) is 32.7 Å². The van der Waals surface area contributed by atoms with Gasteiger partial charge < -0.3 is 5.32 Å². The Morgan fingerprint density at radius 2 is 1.58 bits per heavy atom. The molecule has 1 fully saturated rings. The molecule has 1 saturated heterocycles. The van der Waals surface area contributed by atoms with Gasteiger partial charge in [-0.1, -0.05) is 84.9 Å². The minimum absolute atomic E-state index is 0.0111. The zero-order valence-electron chi connectivity index (χ0n) is 18.2. The molecule has 3 aromatic carbocycles. The maximum atomic E-state index is 12.7. The first-order chi connectivity index (χ1) is 15.2. The maximum absolute atomic E-state index is 12.7. The van der Waals surface area contributed by atoms with Gasteiger partial charge in [-0.25, -0.2) is 0 Å². The van der Waals surface area contributed by atoms with Gasteiger partial charge in [0, 0.05) is 32.7 Å². The van der Waals surface area contributed by atoms with E-state index in [-0.39, 0.29) is 11.9 Å². The highest BCUT2D eigenvalue weighted by atomic mass is 16.2. The molecule has 0 spiro atoms. The summed E-state index contributed by atoms with van der Waals surface area (Å²) in [7, 11) is 0. The molecule has 1 heterocycles. The Labute approximate surface area is 185 Å². The summed E-state index contributed by atoms with van der Waals surface area (Å²) in [6.07, 6.45) is 4.40. The van der Waals surface area contributed by atoms with E-state index >= 15 is 0 Å². The fourth-order valence-corrected chi connectivity index (χ4v) is 4.23. The molecular formula is C27H31N3O. The highest BCUT2D eigenvalue weighted by molar-refractivity contribution is 5.87. The van der Waals surface area contributed by atoms with Gasteiger partial charge in [0.05, 0.1) is 12.6 Å². The highest BCUT2D eigenvalue weighted by Gasteiger charge is 2.19. The Morgan fingerprint density at radius 1 is 0.903 bits per heavy atom. The molecule has 1 amide bonds. The van der Waals surface area contributed by atoms with E-state index in [1.165, 1.54) is 21.9 Å². The first-order valence-electron chi connectivity index (χ1n) is 11.1. The number of fused-ring (bicyclic) bond motifs is 1. The fraction of sp³-hybridized carbons (Fsp3) is 0.296. The first-order valence-corrected chi connectivity index (χ1v) is 11.1. The van der Waals surface area contributed by atoms with Crippen molar-refractivity contribution < 1.29 is 4.79 Å². The average Bonchev–Trinajstić information content (AvgIpc) is 2.80. The third-order valence-corrected chi connectivity index (χ3v) is 5.97. The van der Waals surface area contributed by atoms with Crippen LogP contribution >= 0.6 is 0 Å². The fourth-order valence-electron chi connectivity index (χ4n) is 4.23. The number of hydrogen-bond donors (Lipinski definition) is 1. The van der Waals surface area contributed by atoms with Crippen LogP contribution in [0, 0.1) is 0 Å². The number of hydrogen-bond acceptors (Lipinski definition) is 3. The third kappa shape index (κ3) is 5.81. The topological polar surface area (TPSA) is 35.6 Å². The molecule has 0 aromatic heterocycles. The van der Waals surface area contributed by atoms with Gasteiger partial charge in [0.15, 0.2) is 0 Å². The number of piperazine rings is 1. The van der Waals surface area contributed by atoms with E-state index in [1.807, 2.05) is 12.1 Å². The Balaban J connectivity index is 1.23. The lowest BCUT2D eigenvalue weighted by molar-refractivity contribution is -0.123. The van der Waals surface area contributed by atoms with Crippen LogP contribution in [-0.4, -0.2) is 55.0 Å². The standard InChI is InChI=1S/C27H31N3O/c1-22(25-15-7-13-24-12-5-6-14-26(24)25)28-27(31)21-30-19-17-29(18-20-30)16-8-11-23-9-3-2-4-10-23/h2-15,22H,16-21H2,1H3,(H,28,31). The molecule has 1 aliphatic rings. The van der Waals surface area contributed by atoms with Gasteiger partial charge in [-0.05, 0) is 28.8 Å². The molecule has 160 valence electrons. The van der Waals surface area contributed by atoms with Gasteiger partial charge >= 0.3 is 0 Å². The second-order valence-electron chi connectivity index (χ2n) is 8.25. The smallest absolute Gasteiger partial charge is 0.234 e. The molecule has 1 atom stereocenters. The molecule has 4 rings (SSSR count). The van der Waals surface area contributed by atoms with E-state index in [0.29, 0.717) is 6.54 Å². The van der Waals surface area contributed by atoms with E-state index < -0.39 is 0 Å². The van der Waals surface area contributed by atoms with Crippen LogP contribution in [0.2, 0.25) is 0 Å². The molecular weight excluding hydrogens is 382 g/mol. The van der Waals surface area contributed by atoms with Gasteiger partial charge in [-0.15, -0.1) is 0 Å². The summed E-state index contributed by atoms with van der Waals surface area (Å²) in [5.74, 6) is 0.0952. The van der Waals surface area contributed by atoms with Crippen LogP contribution < -0.4 is 5.32 Å². The van der Waals surface area contributed by atoms with E-state index in [1.54, 1.807) is 0 Å².